The summed E-state index contributed by atoms with van der Waals surface area (Å²) in [6.07, 6.45) is 1.50. The van der Waals surface area contributed by atoms with Crippen molar-refractivity contribution in [3.63, 3.8) is 0 Å². The fourth-order valence-corrected chi connectivity index (χ4v) is 4.33. The smallest absolute Gasteiger partial charge is 0.228 e. The van der Waals surface area contributed by atoms with Crippen LogP contribution in [0.3, 0.4) is 0 Å². The zero-order valence-electron chi connectivity index (χ0n) is 19.1. The van der Waals surface area contributed by atoms with E-state index in [9.17, 15) is 9.90 Å². The highest BCUT2D eigenvalue weighted by atomic mass is 16.5. The molecule has 4 aromatic rings. The number of fused-ring (bicyclic) bond motifs is 3. The van der Waals surface area contributed by atoms with Gasteiger partial charge in [0.05, 0.1) is 31.3 Å². The first-order chi connectivity index (χ1) is 16.4. The van der Waals surface area contributed by atoms with E-state index in [1.807, 2.05) is 12.1 Å². The first kappa shape index (κ1) is 21.4. The molecule has 0 saturated carbocycles. The van der Waals surface area contributed by atoms with Gasteiger partial charge >= 0.3 is 0 Å². The summed E-state index contributed by atoms with van der Waals surface area (Å²) in [4.78, 5) is 22.0. The van der Waals surface area contributed by atoms with E-state index in [0.29, 0.717) is 51.3 Å². The van der Waals surface area contributed by atoms with Crippen molar-refractivity contribution in [2.75, 3.05) is 14.2 Å². The van der Waals surface area contributed by atoms with Crippen molar-refractivity contribution in [3.05, 3.63) is 71.3 Å². The van der Waals surface area contributed by atoms with Crippen molar-refractivity contribution in [1.82, 2.24) is 19.6 Å². The van der Waals surface area contributed by atoms with E-state index < -0.39 is 5.92 Å². The molecule has 9 heteroatoms. The third-order valence-electron chi connectivity index (χ3n) is 5.86. The number of nitrogens with zero attached hydrogens (tertiary/aromatic N) is 4. The summed E-state index contributed by atoms with van der Waals surface area (Å²) in [7, 11) is 3.12. The Balaban J connectivity index is 1.78. The van der Waals surface area contributed by atoms with E-state index in [1.165, 1.54) is 17.8 Å². The average Bonchev–Trinajstić information content (AvgIpc) is 3.27. The Morgan fingerprint density at radius 3 is 2.59 bits per heavy atom. The summed E-state index contributed by atoms with van der Waals surface area (Å²) < 4.78 is 18.4. The number of phenols is 1. The fourth-order valence-electron chi connectivity index (χ4n) is 4.33. The van der Waals surface area contributed by atoms with Gasteiger partial charge in [0.1, 0.15) is 17.8 Å². The van der Waals surface area contributed by atoms with Crippen LogP contribution in [-0.4, -0.2) is 44.7 Å². The highest BCUT2D eigenvalue weighted by molar-refractivity contribution is 5.97. The number of allylic oxidation sites excluding steroid dienone is 2. The molecule has 1 atom stereocenters. The molecule has 9 nitrogen and oxygen atoms in total. The minimum Gasteiger partial charge on any atom is -0.507 e. The van der Waals surface area contributed by atoms with Gasteiger partial charge in [-0.15, -0.1) is 5.10 Å². The number of rotatable bonds is 5. The standard InChI is InChI=1S/C25H22N4O5/c1-13(30)20-14(2)34-25-22(21(20)15-9-10-18(32-3)19(11-15)33-4)24-27-23(28-29(24)12-26-25)16-7-5-6-8-17(16)31/h5-12,21,31H,1-4H3. The Morgan fingerprint density at radius 2 is 1.88 bits per heavy atom. The molecule has 0 amide bonds. The normalized spacial score (nSPS) is 15.1. The molecule has 0 fully saturated rings. The molecule has 5 rings (SSSR count). The van der Waals surface area contributed by atoms with Gasteiger partial charge in [0, 0.05) is 5.57 Å². The molecule has 0 spiro atoms. The topological polar surface area (TPSA) is 108 Å². The monoisotopic (exact) mass is 458 g/mol. The summed E-state index contributed by atoms with van der Waals surface area (Å²) in [5.41, 5.74) is 2.82. The minimum atomic E-state index is -0.529. The van der Waals surface area contributed by atoms with E-state index in [0.717, 1.165) is 5.56 Å². The van der Waals surface area contributed by atoms with Crippen molar-refractivity contribution in [2.45, 2.75) is 19.8 Å². The fraction of sp³-hybridized carbons (Fsp3) is 0.200. The lowest BCUT2D eigenvalue weighted by atomic mass is 9.81. The first-order valence-corrected chi connectivity index (χ1v) is 10.6. The van der Waals surface area contributed by atoms with Crippen LogP contribution in [0.5, 0.6) is 23.1 Å². The first-order valence-electron chi connectivity index (χ1n) is 10.6. The van der Waals surface area contributed by atoms with Gasteiger partial charge in [0.15, 0.2) is 28.8 Å². The number of ether oxygens (including phenoxy) is 3. The molecule has 34 heavy (non-hydrogen) atoms. The maximum absolute atomic E-state index is 12.8. The van der Waals surface area contributed by atoms with E-state index in [1.54, 1.807) is 51.5 Å². The third-order valence-corrected chi connectivity index (χ3v) is 5.86. The second-order valence-corrected chi connectivity index (χ2v) is 7.86. The van der Waals surface area contributed by atoms with Gasteiger partial charge in [0.2, 0.25) is 5.88 Å². The molecule has 0 radical (unpaired) electrons. The summed E-state index contributed by atoms with van der Waals surface area (Å²) in [6, 6.07) is 12.3. The van der Waals surface area contributed by atoms with Crippen LogP contribution in [0.2, 0.25) is 0 Å². The predicted molar refractivity (Wildman–Crippen MR) is 123 cm³/mol. The molecular weight excluding hydrogens is 436 g/mol. The number of phenolic OH excluding ortho intramolecular Hbond substituents is 1. The number of ketones is 1. The van der Waals surface area contributed by atoms with Crippen LogP contribution in [-0.2, 0) is 4.79 Å². The summed E-state index contributed by atoms with van der Waals surface area (Å²) in [5.74, 6) is 1.64. The molecule has 0 saturated heterocycles. The Bertz CT molecular complexity index is 1470. The van der Waals surface area contributed by atoms with Crippen LogP contribution in [0.1, 0.15) is 30.9 Å². The lowest BCUT2D eigenvalue weighted by Crippen LogP contribution is -2.22. The minimum absolute atomic E-state index is 0.0630. The number of benzene rings is 2. The van der Waals surface area contributed by atoms with Crippen molar-refractivity contribution in [1.29, 1.82) is 0 Å². The molecule has 2 aromatic carbocycles. The van der Waals surface area contributed by atoms with Gasteiger partial charge in [-0.25, -0.2) is 14.5 Å². The third kappa shape index (κ3) is 3.33. The summed E-state index contributed by atoms with van der Waals surface area (Å²) in [5, 5.41) is 14.8. The second kappa shape index (κ2) is 8.18. The van der Waals surface area contributed by atoms with Gasteiger partial charge in [-0.2, -0.15) is 0 Å². The van der Waals surface area contributed by atoms with Gasteiger partial charge < -0.3 is 19.3 Å². The van der Waals surface area contributed by atoms with E-state index in [4.69, 9.17) is 19.2 Å². The molecule has 172 valence electrons. The number of carbonyl (C=O) groups excluding carboxylic acids is 1. The number of hydrogen-bond acceptors (Lipinski definition) is 8. The second-order valence-electron chi connectivity index (χ2n) is 7.86. The van der Waals surface area contributed by atoms with E-state index in [-0.39, 0.29) is 11.5 Å². The highest BCUT2D eigenvalue weighted by Gasteiger charge is 2.36. The van der Waals surface area contributed by atoms with Crippen LogP contribution >= 0.6 is 0 Å². The Labute approximate surface area is 195 Å². The van der Waals surface area contributed by atoms with Crippen LogP contribution in [0.15, 0.2) is 60.1 Å². The van der Waals surface area contributed by atoms with Gasteiger partial charge in [0.25, 0.3) is 0 Å². The van der Waals surface area contributed by atoms with Crippen molar-refractivity contribution >= 4 is 11.4 Å². The molecule has 1 N–H and O–H groups in total. The number of Topliss-reactive ketones (excluding diaryl/α,β-unsaturated/α-hetero) is 1. The van der Waals surface area contributed by atoms with E-state index in [2.05, 4.69) is 10.1 Å². The van der Waals surface area contributed by atoms with Crippen LogP contribution in [0, 0.1) is 0 Å². The average molecular weight is 458 g/mol. The quantitative estimate of drug-likeness (QED) is 0.480. The largest absolute Gasteiger partial charge is 0.507 e. The zero-order chi connectivity index (χ0) is 24.0. The van der Waals surface area contributed by atoms with Gasteiger partial charge in [-0.3, -0.25) is 4.79 Å². The maximum atomic E-state index is 12.8. The lowest BCUT2D eigenvalue weighted by molar-refractivity contribution is -0.114. The lowest BCUT2D eigenvalue weighted by Gasteiger charge is -2.28. The molecule has 1 aliphatic heterocycles. The predicted octanol–water partition coefficient (Wildman–Crippen LogP) is 3.90. The summed E-state index contributed by atoms with van der Waals surface area (Å²) in [6.45, 7) is 3.25. The Morgan fingerprint density at radius 1 is 1.12 bits per heavy atom. The van der Waals surface area contributed by atoms with Crippen LogP contribution in [0.25, 0.3) is 17.0 Å². The van der Waals surface area contributed by atoms with Crippen molar-refractivity contribution in [3.8, 4) is 34.5 Å². The Kier molecular flexibility index (Phi) is 5.16. The highest BCUT2D eigenvalue weighted by Crippen LogP contribution is 2.46. The SMILES string of the molecule is COc1ccc(C2C(C(C)=O)=C(C)Oc3ncn4nc(-c5ccccc5O)nc4c32)cc1OC. The number of carbonyl (C=O) groups is 1. The van der Waals surface area contributed by atoms with Crippen molar-refractivity contribution in [2.24, 2.45) is 0 Å². The maximum Gasteiger partial charge on any atom is 0.228 e. The molecule has 0 aliphatic carbocycles. The number of methoxy groups -OCH3 is 2. The molecule has 1 aliphatic rings. The van der Waals surface area contributed by atoms with Crippen LogP contribution in [0.4, 0.5) is 0 Å². The van der Waals surface area contributed by atoms with E-state index >= 15 is 0 Å². The molecule has 1 unspecified atom stereocenters. The molecule has 2 aromatic heterocycles. The van der Waals surface area contributed by atoms with Gasteiger partial charge in [-0.1, -0.05) is 18.2 Å². The number of hydrogen-bond donors (Lipinski definition) is 1. The number of para-hydroxylation sites is 1. The molecule has 0 bridgehead atoms. The summed E-state index contributed by atoms with van der Waals surface area (Å²) >= 11 is 0. The number of aromatic nitrogens is 4. The van der Waals surface area contributed by atoms with Gasteiger partial charge in [-0.05, 0) is 43.7 Å². The zero-order valence-corrected chi connectivity index (χ0v) is 19.1. The Hall–Kier alpha value is -4.40. The molecule has 3 heterocycles. The van der Waals surface area contributed by atoms with Crippen LogP contribution < -0.4 is 14.2 Å². The molecular formula is C25H22N4O5. The van der Waals surface area contributed by atoms with Crippen molar-refractivity contribution < 1.29 is 24.1 Å². The number of aromatic hydroxyl groups is 1.